The van der Waals surface area contributed by atoms with E-state index in [1.165, 1.54) is 7.11 Å². The van der Waals surface area contributed by atoms with Gasteiger partial charge in [0.15, 0.2) is 5.65 Å². The molecule has 0 aliphatic rings. The van der Waals surface area contributed by atoms with Crippen LogP contribution in [0.25, 0.3) is 16.9 Å². The number of esters is 1. The van der Waals surface area contributed by atoms with Crippen LogP contribution in [-0.2, 0) is 4.74 Å². The Bertz CT molecular complexity index is 880. The molecule has 0 amide bonds. The van der Waals surface area contributed by atoms with E-state index >= 15 is 0 Å². The first-order chi connectivity index (χ1) is 10.1. The summed E-state index contributed by atoms with van der Waals surface area (Å²) in [5, 5.41) is 4.36. The summed E-state index contributed by atoms with van der Waals surface area (Å²) >= 11 is 0. The number of carbonyl (C=O) groups excluding carboxylic acids is 1. The third-order valence-electron chi connectivity index (χ3n) is 3.08. The first-order valence-corrected chi connectivity index (χ1v) is 6.25. The van der Waals surface area contributed by atoms with Gasteiger partial charge in [-0.25, -0.2) is 14.5 Å². The molecule has 7 heteroatoms. The SMILES string of the molecule is COC(=O)c1nc2c(C)nn(-c3ccccc3)c2[nH]c1=O. The van der Waals surface area contributed by atoms with E-state index in [2.05, 4.69) is 19.8 Å². The van der Waals surface area contributed by atoms with Gasteiger partial charge in [-0.1, -0.05) is 18.2 Å². The van der Waals surface area contributed by atoms with Crippen LogP contribution in [0.3, 0.4) is 0 Å². The summed E-state index contributed by atoms with van der Waals surface area (Å²) in [7, 11) is 1.20. The molecule has 1 N–H and O–H groups in total. The molecule has 106 valence electrons. The van der Waals surface area contributed by atoms with Crippen molar-refractivity contribution in [2.45, 2.75) is 6.92 Å². The molecule has 0 atom stereocenters. The fourth-order valence-corrected chi connectivity index (χ4v) is 2.09. The van der Waals surface area contributed by atoms with Crippen molar-refractivity contribution in [1.82, 2.24) is 19.7 Å². The van der Waals surface area contributed by atoms with E-state index in [1.54, 1.807) is 11.6 Å². The molecule has 21 heavy (non-hydrogen) atoms. The molecule has 3 rings (SSSR count). The second-order valence-electron chi connectivity index (χ2n) is 4.44. The summed E-state index contributed by atoms with van der Waals surface area (Å²) in [6, 6.07) is 9.34. The molecular formula is C14H12N4O3. The molecule has 2 aromatic heterocycles. The van der Waals surface area contributed by atoms with Gasteiger partial charge in [-0.15, -0.1) is 0 Å². The average molecular weight is 284 g/mol. The Morgan fingerprint density at radius 1 is 1.29 bits per heavy atom. The lowest BCUT2D eigenvalue weighted by Gasteiger charge is -2.02. The Kier molecular flexibility index (Phi) is 3.02. The zero-order valence-electron chi connectivity index (χ0n) is 11.5. The summed E-state index contributed by atoms with van der Waals surface area (Å²) < 4.78 is 6.13. The minimum atomic E-state index is -0.773. The van der Waals surface area contributed by atoms with E-state index in [0.717, 1.165) is 5.69 Å². The summed E-state index contributed by atoms with van der Waals surface area (Å²) in [5.74, 6) is -0.773. The van der Waals surface area contributed by atoms with E-state index < -0.39 is 11.5 Å². The van der Waals surface area contributed by atoms with E-state index in [0.29, 0.717) is 16.9 Å². The summed E-state index contributed by atoms with van der Waals surface area (Å²) in [6.45, 7) is 1.76. The summed E-state index contributed by atoms with van der Waals surface area (Å²) in [5.41, 5.74) is 1.41. The van der Waals surface area contributed by atoms with Crippen LogP contribution in [0.1, 0.15) is 16.2 Å². The first kappa shape index (κ1) is 13.0. The van der Waals surface area contributed by atoms with Crippen LogP contribution in [0.4, 0.5) is 0 Å². The van der Waals surface area contributed by atoms with Crippen LogP contribution in [-0.4, -0.2) is 32.8 Å². The van der Waals surface area contributed by atoms with E-state index in [4.69, 9.17) is 0 Å². The molecule has 2 heterocycles. The number of hydrogen-bond donors (Lipinski definition) is 1. The lowest BCUT2D eigenvalue weighted by Crippen LogP contribution is -2.21. The molecule has 0 aliphatic heterocycles. The highest BCUT2D eigenvalue weighted by Crippen LogP contribution is 2.17. The van der Waals surface area contributed by atoms with Gasteiger partial charge in [0.2, 0.25) is 5.69 Å². The largest absolute Gasteiger partial charge is 0.464 e. The third kappa shape index (κ3) is 2.08. The molecular weight excluding hydrogens is 272 g/mol. The molecule has 0 saturated heterocycles. The van der Waals surface area contributed by atoms with Crippen molar-refractivity contribution >= 4 is 17.1 Å². The van der Waals surface area contributed by atoms with Crippen LogP contribution in [0, 0.1) is 6.92 Å². The number of aromatic amines is 1. The number of nitrogens with one attached hydrogen (secondary N) is 1. The lowest BCUT2D eigenvalue weighted by atomic mass is 10.3. The van der Waals surface area contributed by atoms with Gasteiger partial charge in [0, 0.05) is 0 Å². The van der Waals surface area contributed by atoms with Gasteiger partial charge in [-0.3, -0.25) is 4.79 Å². The van der Waals surface area contributed by atoms with Gasteiger partial charge in [0.1, 0.15) is 5.52 Å². The fraction of sp³-hybridized carbons (Fsp3) is 0.143. The van der Waals surface area contributed by atoms with Crippen molar-refractivity contribution in [2.75, 3.05) is 7.11 Å². The Morgan fingerprint density at radius 2 is 2.00 bits per heavy atom. The Hall–Kier alpha value is -2.96. The Labute approximate surface area is 119 Å². The zero-order valence-corrected chi connectivity index (χ0v) is 11.5. The highest BCUT2D eigenvalue weighted by atomic mass is 16.5. The number of aryl methyl sites for hydroxylation is 1. The molecule has 0 saturated carbocycles. The monoisotopic (exact) mass is 284 g/mol. The Morgan fingerprint density at radius 3 is 2.67 bits per heavy atom. The molecule has 1 aromatic carbocycles. The molecule has 0 unspecified atom stereocenters. The standard InChI is InChI=1S/C14H12N4O3/c1-8-10-12(16-13(19)11(15-10)14(20)21-2)18(17-8)9-6-4-3-5-7-9/h3-7H,1-2H3,(H,16,19). The lowest BCUT2D eigenvalue weighted by molar-refractivity contribution is 0.0592. The number of carbonyl (C=O) groups is 1. The highest BCUT2D eigenvalue weighted by molar-refractivity contribution is 5.89. The minimum absolute atomic E-state index is 0.277. The van der Waals surface area contributed by atoms with E-state index in [-0.39, 0.29) is 5.69 Å². The van der Waals surface area contributed by atoms with E-state index in [1.807, 2.05) is 30.3 Å². The van der Waals surface area contributed by atoms with Crippen LogP contribution < -0.4 is 5.56 Å². The number of H-pyrrole nitrogens is 1. The van der Waals surface area contributed by atoms with E-state index in [9.17, 15) is 9.59 Å². The van der Waals surface area contributed by atoms with Gasteiger partial charge in [-0.05, 0) is 19.1 Å². The maximum absolute atomic E-state index is 12.0. The number of para-hydroxylation sites is 1. The molecule has 3 aromatic rings. The summed E-state index contributed by atoms with van der Waals surface area (Å²) in [4.78, 5) is 30.2. The van der Waals surface area contributed by atoms with Gasteiger partial charge >= 0.3 is 5.97 Å². The number of methoxy groups -OCH3 is 1. The fourth-order valence-electron chi connectivity index (χ4n) is 2.09. The van der Waals surface area contributed by atoms with Crippen molar-refractivity contribution in [2.24, 2.45) is 0 Å². The molecule has 0 spiro atoms. The minimum Gasteiger partial charge on any atom is -0.464 e. The number of ether oxygens (including phenoxy) is 1. The zero-order chi connectivity index (χ0) is 15.0. The molecule has 0 radical (unpaired) electrons. The van der Waals surface area contributed by atoms with Crippen molar-refractivity contribution in [3.63, 3.8) is 0 Å². The molecule has 0 aliphatic carbocycles. The smallest absolute Gasteiger partial charge is 0.362 e. The second-order valence-corrected chi connectivity index (χ2v) is 4.44. The van der Waals surface area contributed by atoms with Crippen LogP contribution >= 0.6 is 0 Å². The maximum Gasteiger partial charge on any atom is 0.362 e. The second kappa shape index (κ2) is 4.86. The average Bonchev–Trinajstić information content (AvgIpc) is 2.83. The predicted octanol–water partition coefficient (Wildman–Crippen LogP) is 1.20. The number of hydrogen-bond acceptors (Lipinski definition) is 5. The van der Waals surface area contributed by atoms with Crippen LogP contribution in [0.2, 0.25) is 0 Å². The highest BCUT2D eigenvalue weighted by Gasteiger charge is 2.18. The number of fused-ring (bicyclic) bond motifs is 1. The Balaban J connectivity index is 2.30. The van der Waals surface area contributed by atoms with Crippen LogP contribution in [0.5, 0.6) is 0 Å². The molecule has 7 nitrogen and oxygen atoms in total. The van der Waals surface area contributed by atoms with Gasteiger partial charge in [0.05, 0.1) is 18.5 Å². The van der Waals surface area contributed by atoms with Gasteiger partial charge < -0.3 is 9.72 Å². The number of aromatic nitrogens is 4. The van der Waals surface area contributed by atoms with Crippen molar-refractivity contribution in [3.05, 3.63) is 52.1 Å². The quantitative estimate of drug-likeness (QED) is 0.714. The van der Waals surface area contributed by atoms with Crippen molar-refractivity contribution in [3.8, 4) is 5.69 Å². The number of benzene rings is 1. The molecule has 0 fully saturated rings. The number of rotatable bonds is 2. The topological polar surface area (TPSA) is 89.9 Å². The van der Waals surface area contributed by atoms with Gasteiger partial charge in [-0.2, -0.15) is 5.10 Å². The summed E-state index contributed by atoms with van der Waals surface area (Å²) in [6.07, 6.45) is 0. The van der Waals surface area contributed by atoms with Crippen molar-refractivity contribution in [1.29, 1.82) is 0 Å². The normalized spacial score (nSPS) is 10.8. The van der Waals surface area contributed by atoms with Crippen molar-refractivity contribution < 1.29 is 9.53 Å². The maximum atomic E-state index is 12.0. The number of nitrogens with zero attached hydrogens (tertiary/aromatic N) is 3. The van der Waals surface area contributed by atoms with Crippen LogP contribution in [0.15, 0.2) is 35.1 Å². The third-order valence-corrected chi connectivity index (χ3v) is 3.08. The predicted molar refractivity (Wildman–Crippen MR) is 75.6 cm³/mol. The molecule has 0 bridgehead atoms. The van der Waals surface area contributed by atoms with Gasteiger partial charge in [0.25, 0.3) is 5.56 Å². The first-order valence-electron chi connectivity index (χ1n) is 6.25.